The molecule has 0 amide bonds. The number of halogens is 4. The molecule has 0 fully saturated rings. The number of benzene rings is 3. The van der Waals surface area contributed by atoms with Crippen LogP contribution in [0.3, 0.4) is 0 Å². The van der Waals surface area contributed by atoms with Gasteiger partial charge in [-0.15, -0.1) is 0 Å². The molecule has 176 valence electrons. The van der Waals surface area contributed by atoms with Crippen LogP contribution in [0, 0.1) is 5.82 Å². The van der Waals surface area contributed by atoms with E-state index in [0.29, 0.717) is 12.1 Å². The zero-order chi connectivity index (χ0) is 24.4. The molecule has 3 rings (SSSR count). The van der Waals surface area contributed by atoms with Gasteiger partial charge in [0.25, 0.3) is 19.9 Å². The van der Waals surface area contributed by atoms with Crippen molar-refractivity contribution in [2.45, 2.75) is 15.3 Å². The van der Waals surface area contributed by atoms with Crippen LogP contribution in [0.15, 0.2) is 76.5 Å². The maximum Gasteiger partial charge on any atom is 0.501 e. The summed E-state index contributed by atoms with van der Waals surface area (Å²) in [6.45, 7) is 0. The Bertz CT molecular complexity index is 1380. The molecule has 13 heteroatoms. The molecule has 0 aliphatic rings. The fourth-order valence-corrected chi connectivity index (χ4v) is 4.48. The molecule has 3 aromatic carbocycles. The molecule has 0 bridgehead atoms. The molecule has 0 saturated heterocycles. The van der Waals surface area contributed by atoms with Crippen LogP contribution >= 0.6 is 0 Å². The van der Waals surface area contributed by atoms with Crippen LogP contribution in [0.5, 0.6) is 17.2 Å². The molecule has 0 spiro atoms. The average Bonchev–Trinajstić information content (AvgIpc) is 2.74. The van der Waals surface area contributed by atoms with Gasteiger partial charge in [-0.05, 0) is 24.3 Å². The van der Waals surface area contributed by atoms with Crippen LogP contribution in [-0.2, 0) is 19.9 Å². The van der Waals surface area contributed by atoms with Crippen molar-refractivity contribution in [2.75, 3.05) is 11.8 Å². The number of nitrogens with one attached hydrogen (secondary N) is 1. The third-order valence-corrected chi connectivity index (χ3v) is 7.04. The second-order valence-corrected chi connectivity index (χ2v) is 10.1. The van der Waals surface area contributed by atoms with Gasteiger partial charge in [-0.2, -0.15) is 13.2 Å². The van der Waals surface area contributed by atoms with Crippen LogP contribution in [0.1, 0.15) is 0 Å². The Hall–Kier alpha value is -3.32. The van der Waals surface area contributed by atoms with Crippen LogP contribution in [-0.4, -0.2) is 29.5 Å². The average molecular weight is 505 g/mol. The predicted molar refractivity (Wildman–Crippen MR) is 110 cm³/mol. The first-order chi connectivity index (χ1) is 15.3. The van der Waals surface area contributed by atoms with Gasteiger partial charge >= 0.3 is 5.51 Å². The summed E-state index contributed by atoms with van der Waals surface area (Å²) in [5.41, 5.74) is -6.00. The smallest absolute Gasteiger partial charge is 0.497 e. The van der Waals surface area contributed by atoms with E-state index in [-0.39, 0.29) is 22.1 Å². The van der Waals surface area contributed by atoms with E-state index in [2.05, 4.69) is 4.72 Å². The lowest BCUT2D eigenvalue weighted by Gasteiger charge is -2.16. The third kappa shape index (κ3) is 5.37. The molecular formula is C20H15F4NO6S2. The maximum absolute atomic E-state index is 13.8. The molecule has 0 aliphatic carbocycles. The molecule has 0 unspecified atom stereocenters. The summed E-state index contributed by atoms with van der Waals surface area (Å²) in [6, 6.07) is 11.9. The Kier molecular flexibility index (Phi) is 6.56. The number of hydrogen-bond donors (Lipinski definition) is 1. The summed E-state index contributed by atoms with van der Waals surface area (Å²) in [4.78, 5) is -1.37. The Labute approximate surface area is 186 Å². The summed E-state index contributed by atoms with van der Waals surface area (Å²) in [5.74, 6) is -1.73. The highest BCUT2D eigenvalue weighted by Crippen LogP contribution is 2.38. The molecule has 1 N–H and O–H groups in total. The molecule has 33 heavy (non-hydrogen) atoms. The zero-order valence-electron chi connectivity index (χ0n) is 16.6. The minimum atomic E-state index is -5.78. The number of rotatable bonds is 7. The standard InChI is InChI=1S/C20H15F4NO6S2/c1-30-14-9-13(21)10-15(11-14)31-19-12-17(32(26,27)20(22,23)24)7-8-18(19)25-33(28,29)16-5-3-2-4-6-16/h2-12,25H,1H3. The Morgan fingerprint density at radius 1 is 0.818 bits per heavy atom. The van der Waals surface area contributed by atoms with E-state index in [1.165, 1.54) is 37.4 Å². The molecule has 0 atom stereocenters. The third-order valence-electron chi connectivity index (χ3n) is 4.17. The number of sulfonamides is 1. The van der Waals surface area contributed by atoms with Gasteiger partial charge in [0, 0.05) is 24.3 Å². The summed E-state index contributed by atoms with van der Waals surface area (Å²) in [6.07, 6.45) is 0. The Morgan fingerprint density at radius 2 is 1.45 bits per heavy atom. The van der Waals surface area contributed by atoms with Gasteiger partial charge in [0.2, 0.25) is 0 Å². The highest BCUT2D eigenvalue weighted by Gasteiger charge is 2.47. The molecule has 0 heterocycles. The maximum atomic E-state index is 13.8. The van der Waals surface area contributed by atoms with Crippen molar-refractivity contribution in [3.8, 4) is 17.2 Å². The molecule has 0 aromatic heterocycles. The highest BCUT2D eigenvalue weighted by atomic mass is 32.2. The summed E-state index contributed by atoms with van der Waals surface area (Å²) >= 11 is 0. The SMILES string of the molecule is COc1cc(F)cc(Oc2cc(S(=O)(=O)C(F)(F)F)ccc2NS(=O)(=O)c2ccccc2)c1. The number of methoxy groups -OCH3 is 1. The molecule has 3 aromatic rings. The van der Waals surface area contributed by atoms with E-state index in [1.807, 2.05) is 0 Å². The van der Waals surface area contributed by atoms with Crippen LogP contribution in [0.4, 0.5) is 23.2 Å². The van der Waals surface area contributed by atoms with E-state index in [0.717, 1.165) is 18.2 Å². The van der Waals surface area contributed by atoms with Crippen molar-refractivity contribution in [3.05, 3.63) is 72.5 Å². The first-order valence-electron chi connectivity index (χ1n) is 8.89. The van der Waals surface area contributed by atoms with Crippen LogP contribution in [0.2, 0.25) is 0 Å². The van der Waals surface area contributed by atoms with E-state index in [1.54, 1.807) is 6.07 Å². The van der Waals surface area contributed by atoms with Gasteiger partial charge in [-0.3, -0.25) is 4.72 Å². The Balaban J connectivity index is 2.12. The Morgan fingerprint density at radius 3 is 2.06 bits per heavy atom. The first-order valence-corrected chi connectivity index (χ1v) is 11.9. The van der Waals surface area contributed by atoms with Crippen molar-refractivity contribution in [1.29, 1.82) is 0 Å². The number of hydrogen-bond acceptors (Lipinski definition) is 6. The fourth-order valence-electron chi connectivity index (χ4n) is 2.62. The number of alkyl halides is 3. The van der Waals surface area contributed by atoms with E-state index >= 15 is 0 Å². The van der Waals surface area contributed by atoms with Crippen molar-refractivity contribution in [2.24, 2.45) is 0 Å². The van der Waals surface area contributed by atoms with E-state index < -0.39 is 41.8 Å². The van der Waals surface area contributed by atoms with Crippen molar-refractivity contribution < 1.29 is 43.9 Å². The van der Waals surface area contributed by atoms with Crippen molar-refractivity contribution in [3.63, 3.8) is 0 Å². The van der Waals surface area contributed by atoms with Gasteiger partial charge in [0.1, 0.15) is 17.3 Å². The number of anilines is 1. The number of ether oxygens (including phenoxy) is 2. The summed E-state index contributed by atoms with van der Waals surface area (Å²) < 4.78 is 114. The quantitative estimate of drug-likeness (QED) is 0.467. The normalized spacial score (nSPS) is 12.3. The molecule has 7 nitrogen and oxygen atoms in total. The fraction of sp³-hybridized carbons (Fsp3) is 0.100. The topological polar surface area (TPSA) is 98.8 Å². The molecular weight excluding hydrogens is 490 g/mol. The van der Waals surface area contributed by atoms with Gasteiger partial charge < -0.3 is 9.47 Å². The predicted octanol–water partition coefficient (Wildman–Crippen LogP) is 4.72. The minimum absolute atomic E-state index is 0.00418. The number of sulfone groups is 1. The second-order valence-electron chi connectivity index (χ2n) is 6.45. The van der Waals surface area contributed by atoms with Crippen molar-refractivity contribution in [1.82, 2.24) is 0 Å². The summed E-state index contributed by atoms with van der Waals surface area (Å²) in [5, 5.41) is 0. The minimum Gasteiger partial charge on any atom is -0.497 e. The van der Waals surface area contributed by atoms with E-state index in [9.17, 15) is 34.4 Å². The van der Waals surface area contributed by atoms with Crippen LogP contribution < -0.4 is 14.2 Å². The highest BCUT2D eigenvalue weighted by molar-refractivity contribution is 7.93. The lowest BCUT2D eigenvalue weighted by atomic mass is 10.3. The van der Waals surface area contributed by atoms with Gasteiger partial charge in [0.05, 0.1) is 22.6 Å². The van der Waals surface area contributed by atoms with E-state index in [4.69, 9.17) is 9.47 Å². The zero-order valence-corrected chi connectivity index (χ0v) is 18.3. The van der Waals surface area contributed by atoms with Gasteiger partial charge in [-0.1, -0.05) is 18.2 Å². The molecule has 0 radical (unpaired) electrons. The van der Waals surface area contributed by atoms with Gasteiger partial charge in [0.15, 0.2) is 5.75 Å². The monoisotopic (exact) mass is 505 g/mol. The molecule has 0 saturated carbocycles. The van der Waals surface area contributed by atoms with Gasteiger partial charge in [-0.25, -0.2) is 21.2 Å². The lowest BCUT2D eigenvalue weighted by Crippen LogP contribution is -2.23. The first kappa shape index (κ1) is 24.3. The lowest BCUT2D eigenvalue weighted by molar-refractivity contribution is -0.0436. The van der Waals surface area contributed by atoms with Crippen LogP contribution in [0.25, 0.3) is 0 Å². The second kappa shape index (κ2) is 8.90. The van der Waals surface area contributed by atoms with Crippen molar-refractivity contribution >= 4 is 25.5 Å². The summed E-state index contributed by atoms with van der Waals surface area (Å²) in [7, 11) is -8.78. The molecule has 0 aliphatic heterocycles. The largest absolute Gasteiger partial charge is 0.501 e.